The number of rotatable bonds is 6. The van der Waals surface area contributed by atoms with Crippen molar-refractivity contribution < 1.29 is 9.92 Å². The molecule has 0 aromatic carbocycles. The molecule has 0 fully saturated rings. The lowest BCUT2D eigenvalue weighted by atomic mass is 10.2. The first-order chi connectivity index (χ1) is 5.13. The van der Waals surface area contributed by atoms with E-state index in [1.165, 1.54) is 0 Å². The van der Waals surface area contributed by atoms with Gasteiger partial charge in [-0.1, -0.05) is 6.42 Å². The molecule has 0 spiro atoms. The highest BCUT2D eigenvalue weighted by atomic mass is 35.5. The second kappa shape index (κ2) is 6.22. The van der Waals surface area contributed by atoms with Crippen molar-refractivity contribution in [3.8, 4) is 0 Å². The summed E-state index contributed by atoms with van der Waals surface area (Å²) in [5.74, 6) is 0. The Morgan fingerprint density at radius 1 is 1.64 bits per heavy atom. The molecule has 5 heteroatoms. The van der Waals surface area contributed by atoms with E-state index in [1.54, 1.807) is 0 Å². The maximum atomic E-state index is 9.65. The summed E-state index contributed by atoms with van der Waals surface area (Å²) in [5, 5.41) is 9.02. The van der Waals surface area contributed by atoms with Crippen LogP contribution in [0, 0.1) is 10.1 Å². The van der Waals surface area contributed by atoms with Crippen LogP contribution in [0.1, 0.15) is 26.2 Å². The second-order valence-electron chi connectivity index (χ2n) is 2.33. The molecular formula is C6H12ClNO3. The molecule has 0 heterocycles. The van der Waals surface area contributed by atoms with Crippen molar-refractivity contribution in [3.63, 3.8) is 0 Å². The van der Waals surface area contributed by atoms with Crippen LogP contribution >= 0.6 is 11.6 Å². The molecule has 0 N–H and O–H groups in total. The molecule has 0 rings (SSSR count). The van der Waals surface area contributed by atoms with Gasteiger partial charge in [0.15, 0.2) is 0 Å². The van der Waals surface area contributed by atoms with Crippen molar-refractivity contribution in [3.05, 3.63) is 10.1 Å². The molecule has 0 aromatic rings. The lowest BCUT2D eigenvalue weighted by molar-refractivity contribution is -0.757. The van der Waals surface area contributed by atoms with E-state index in [-0.39, 0.29) is 12.0 Å². The van der Waals surface area contributed by atoms with Gasteiger partial charge >= 0.3 is 0 Å². The van der Waals surface area contributed by atoms with Crippen LogP contribution in [0.25, 0.3) is 0 Å². The topological polar surface area (TPSA) is 52.4 Å². The first-order valence-corrected chi connectivity index (χ1v) is 3.98. The Morgan fingerprint density at radius 3 is 2.73 bits per heavy atom. The van der Waals surface area contributed by atoms with Gasteiger partial charge in [-0.05, 0) is 19.8 Å². The van der Waals surface area contributed by atoms with E-state index in [0.29, 0.717) is 6.42 Å². The van der Waals surface area contributed by atoms with Crippen molar-refractivity contribution in [2.24, 2.45) is 0 Å². The molecule has 0 aliphatic carbocycles. The fourth-order valence-corrected chi connectivity index (χ4v) is 0.821. The summed E-state index contributed by atoms with van der Waals surface area (Å²) in [6, 6.07) is 0. The van der Waals surface area contributed by atoms with Crippen LogP contribution in [-0.2, 0) is 4.84 Å². The molecule has 0 radical (unpaired) electrons. The second-order valence-corrected chi connectivity index (χ2v) is 3.08. The zero-order valence-electron chi connectivity index (χ0n) is 6.46. The van der Waals surface area contributed by atoms with Gasteiger partial charge in [-0.15, -0.1) is 21.7 Å². The van der Waals surface area contributed by atoms with E-state index < -0.39 is 5.09 Å². The van der Waals surface area contributed by atoms with Crippen molar-refractivity contribution in [2.45, 2.75) is 31.6 Å². The van der Waals surface area contributed by atoms with Crippen LogP contribution in [0.4, 0.5) is 0 Å². The maximum absolute atomic E-state index is 9.65. The zero-order chi connectivity index (χ0) is 8.69. The van der Waals surface area contributed by atoms with Gasteiger partial charge in [-0.2, -0.15) is 0 Å². The highest BCUT2D eigenvalue weighted by molar-refractivity contribution is 6.20. The molecule has 0 aliphatic heterocycles. The number of hydrogen-bond donors (Lipinski definition) is 0. The third-order valence-corrected chi connectivity index (χ3v) is 1.41. The smallest absolute Gasteiger partial charge is 0.294 e. The minimum absolute atomic E-state index is 0.144. The van der Waals surface area contributed by atoms with Gasteiger partial charge in [0, 0.05) is 5.38 Å². The van der Waals surface area contributed by atoms with Crippen LogP contribution in [0.3, 0.4) is 0 Å². The lowest BCUT2D eigenvalue weighted by Gasteiger charge is -2.00. The molecule has 0 amide bonds. The van der Waals surface area contributed by atoms with E-state index in [0.717, 1.165) is 12.8 Å². The molecule has 0 saturated carbocycles. The van der Waals surface area contributed by atoms with Gasteiger partial charge in [0.2, 0.25) is 0 Å². The number of alkyl halides is 1. The molecule has 4 nitrogen and oxygen atoms in total. The largest absolute Gasteiger partial charge is 0.314 e. The lowest BCUT2D eigenvalue weighted by Crippen LogP contribution is -2.02. The maximum Gasteiger partial charge on any atom is 0.294 e. The van der Waals surface area contributed by atoms with Crippen molar-refractivity contribution >= 4 is 11.6 Å². The SMILES string of the molecule is CC(Cl)CCCCO[N+](=O)[O-]. The standard InChI is InChI=1S/C6H12ClNO3/c1-6(7)4-2-3-5-11-8(9)10/h6H,2-5H2,1H3. The summed E-state index contributed by atoms with van der Waals surface area (Å²) >= 11 is 5.64. The van der Waals surface area contributed by atoms with Crippen LogP contribution in [0.2, 0.25) is 0 Å². The first-order valence-electron chi connectivity index (χ1n) is 3.54. The molecule has 1 unspecified atom stereocenters. The Balaban J connectivity index is 2.97. The highest BCUT2D eigenvalue weighted by Gasteiger charge is 1.97. The van der Waals surface area contributed by atoms with Gasteiger partial charge < -0.3 is 4.84 Å². The Hall–Kier alpha value is -0.510. The number of halogens is 1. The summed E-state index contributed by atoms with van der Waals surface area (Å²) in [5.41, 5.74) is 0. The van der Waals surface area contributed by atoms with Crippen LogP contribution in [0.5, 0.6) is 0 Å². The van der Waals surface area contributed by atoms with Gasteiger partial charge in [0.25, 0.3) is 5.09 Å². The summed E-state index contributed by atoms with van der Waals surface area (Å²) in [4.78, 5) is 13.8. The average Bonchev–Trinajstić information content (AvgIpc) is 1.85. The Labute approximate surface area is 70.6 Å². The molecule has 0 saturated heterocycles. The van der Waals surface area contributed by atoms with Crippen molar-refractivity contribution in [1.82, 2.24) is 0 Å². The number of hydrogen-bond acceptors (Lipinski definition) is 3. The Bertz CT molecular complexity index is 118. The van der Waals surface area contributed by atoms with Crippen molar-refractivity contribution in [2.75, 3.05) is 6.61 Å². The minimum atomic E-state index is -0.774. The summed E-state index contributed by atoms with van der Waals surface area (Å²) in [7, 11) is 0. The predicted molar refractivity (Wildman–Crippen MR) is 42.1 cm³/mol. The number of unbranched alkanes of at least 4 members (excludes halogenated alkanes) is 1. The van der Waals surface area contributed by atoms with Gasteiger partial charge in [-0.25, -0.2) is 0 Å². The monoisotopic (exact) mass is 181 g/mol. The van der Waals surface area contributed by atoms with E-state index in [2.05, 4.69) is 4.84 Å². The van der Waals surface area contributed by atoms with Gasteiger partial charge in [0.05, 0.1) is 6.61 Å². The van der Waals surface area contributed by atoms with E-state index >= 15 is 0 Å². The van der Waals surface area contributed by atoms with Crippen LogP contribution < -0.4 is 0 Å². The molecule has 0 aromatic heterocycles. The van der Waals surface area contributed by atoms with Crippen molar-refractivity contribution in [1.29, 1.82) is 0 Å². The van der Waals surface area contributed by atoms with E-state index in [9.17, 15) is 10.1 Å². The predicted octanol–water partition coefficient (Wildman–Crippen LogP) is 1.99. The third-order valence-electron chi connectivity index (χ3n) is 1.19. The quantitative estimate of drug-likeness (QED) is 0.273. The molecule has 66 valence electrons. The van der Waals surface area contributed by atoms with E-state index in [4.69, 9.17) is 11.6 Å². The molecule has 11 heavy (non-hydrogen) atoms. The highest BCUT2D eigenvalue weighted by Crippen LogP contribution is 2.05. The fourth-order valence-electron chi connectivity index (χ4n) is 0.667. The molecule has 0 bridgehead atoms. The fraction of sp³-hybridized carbons (Fsp3) is 1.00. The molecular weight excluding hydrogens is 170 g/mol. The normalized spacial score (nSPS) is 12.5. The Kier molecular flexibility index (Phi) is 5.93. The van der Waals surface area contributed by atoms with Crippen LogP contribution in [0.15, 0.2) is 0 Å². The summed E-state index contributed by atoms with van der Waals surface area (Å²) in [6.07, 6.45) is 2.44. The van der Waals surface area contributed by atoms with E-state index in [1.807, 2.05) is 6.92 Å². The summed E-state index contributed by atoms with van der Waals surface area (Å²) < 4.78 is 0. The third kappa shape index (κ3) is 9.49. The molecule has 1 atom stereocenters. The van der Waals surface area contributed by atoms with Gasteiger partial charge in [-0.3, -0.25) is 0 Å². The van der Waals surface area contributed by atoms with Crippen LogP contribution in [-0.4, -0.2) is 17.1 Å². The minimum Gasteiger partial charge on any atom is -0.314 e. The first kappa shape index (κ1) is 10.5. The van der Waals surface area contributed by atoms with Gasteiger partial charge in [0.1, 0.15) is 0 Å². The zero-order valence-corrected chi connectivity index (χ0v) is 7.21. The summed E-state index contributed by atoms with van der Waals surface area (Å²) in [6.45, 7) is 2.08. The molecule has 0 aliphatic rings. The Morgan fingerprint density at radius 2 is 2.27 bits per heavy atom. The average molecular weight is 182 g/mol. The number of nitrogens with zero attached hydrogens (tertiary/aromatic N) is 1.